The van der Waals surface area contributed by atoms with Crippen molar-refractivity contribution in [2.75, 3.05) is 40.6 Å². The summed E-state index contributed by atoms with van der Waals surface area (Å²) in [5.74, 6) is 9.83. The Morgan fingerprint density at radius 2 is 1.41 bits per heavy atom. The van der Waals surface area contributed by atoms with Crippen molar-refractivity contribution in [3.63, 3.8) is 0 Å². The molecule has 1 aliphatic heterocycles. The molecule has 1 amide bonds. The van der Waals surface area contributed by atoms with Gasteiger partial charge in [0.15, 0.2) is 0 Å². The predicted molar refractivity (Wildman–Crippen MR) is 260 cm³/mol. The summed E-state index contributed by atoms with van der Waals surface area (Å²) in [6.45, 7) is 10.1. The standard InChI is InChI=1S/C53H71BN3O8P/c1-38(2)57(39(3)4)66(63-34-16-32-55)65-49-35-51(54)64-50(49)37-62-53(42-24-28-44(59-5)29-25-42,43-26-30-45(60-6)31-27-43)41-22-20-40(21-23-41)17-12-8-7-11-15-33-56-52(58)61-36-48-46-18-13-9-10-14-19-47(46)48/h20-31,38-39,46-51H,7-8,11-19,33-37H2,1-6H3,(H,56,58)/t46-,47+,48?,49-,50-,51-,66?/m1/s1. The summed E-state index contributed by atoms with van der Waals surface area (Å²) in [6, 6.07) is 26.7. The predicted octanol–water partition coefficient (Wildman–Crippen LogP) is 10.6. The molecule has 1 saturated carbocycles. The van der Waals surface area contributed by atoms with Gasteiger partial charge in [-0.2, -0.15) is 5.26 Å². The first-order chi connectivity index (χ1) is 32.1. The molecule has 1 saturated heterocycles. The highest BCUT2D eigenvalue weighted by Gasteiger charge is 2.49. The van der Waals surface area contributed by atoms with Gasteiger partial charge in [0.1, 0.15) is 31.1 Å². The van der Waals surface area contributed by atoms with E-state index in [4.69, 9.17) is 40.6 Å². The van der Waals surface area contributed by atoms with Crippen LogP contribution in [0.25, 0.3) is 0 Å². The molecular formula is C53H71BN3O8P. The second-order valence-corrected chi connectivity index (χ2v) is 19.7. The van der Waals surface area contributed by atoms with Crippen LogP contribution in [0.15, 0.2) is 72.8 Å². The molecule has 2 radical (unpaired) electrons. The number of carbonyl (C=O) groups is 1. The lowest BCUT2D eigenvalue weighted by Crippen LogP contribution is -2.39. The van der Waals surface area contributed by atoms with E-state index in [1.165, 1.54) is 5.56 Å². The average Bonchev–Trinajstić information content (AvgIpc) is 3.82. The van der Waals surface area contributed by atoms with Crippen LogP contribution in [0.4, 0.5) is 4.79 Å². The van der Waals surface area contributed by atoms with Gasteiger partial charge in [0, 0.05) is 37.5 Å². The zero-order valence-corrected chi connectivity index (χ0v) is 40.9. The molecule has 0 spiro atoms. The number of methoxy groups -OCH3 is 2. The van der Waals surface area contributed by atoms with Crippen LogP contribution in [0.1, 0.15) is 121 Å². The van der Waals surface area contributed by atoms with E-state index in [0.717, 1.165) is 92.4 Å². The Balaban J connectivity index is 1.10. The normalized spacial score (nSPS) is 21.8. The van der Waals surface area contributed by atoms with Crippen LogP contribution in [0.2, 0.25) is 0 Å². The second-order valence-electron chi connectivity index (χ2n) is 18.3. The molecule has 354 valence electrons. The van der Waals surface area contributed by atoms with Crippen LogP contribution in [-0.4, -0.2) is 89.5 Å². The number of hydrogen-bond acceptors (Lipinski definition) is 10. The van der Waals surface area contributed by atoms with E-state index in [-0.39, 0.29) is 37.8 Å². The Morgan fingerprint density at radius 1 is 0.848 bits per heavy atom. The third-order valence-corrected chi connectivity index (χ3v) is 15.2. The number of ether oxygens (including phenoxy) is 5. The fourth-order valence-corrected chi connectivity index (χ4v) is 11.4. The number of rotatable bonds is 26. The molecule has 2 aliphatic carbocycles. The lowest BCUT2D eigenvalue weighted by molar-refractivity contribution is -0.0714. The minimum atomic E-state index is -1.53. The van der Waals surface area contributed by atoms with Crippen molar-refractivity contribution in [3.8, 4) is 29.4 Å². The molecule has 3 aliphatic rings. The van der Waals surface area contributed by atoms with Crippen molar-refractivity contribution in [2.45, 2.75) is 141 Å². The number of amides is 1. The first-order valence-electron chi connectivity index (χ1n) is 24.1. The van der Waals surface area contributed by atoms with Crippen molar-refractivity contribution < 1.29 is 37.5 Å². The summed E-state index contributed by atoms with van der Waals surface area (Å²) < 4.78 is 45.8. The van der Waals surface area contributed by atoms with Crippen molar-refractivity contribution >= 4 is 22.5 Å². The van der Waals surface area contributed by atoms with Crippen LogP contribution in [0.5, 0.6) is 11.5 Å². The first-order valence-corrected chi connectivity index (χ1v) is 25.3. The third kappa shape index (κ3) is 14.0. The van der Waals surface area contributed by atoms with Gasteiger partial charge in [-0.1, -0.05) is 67.8 Å². The van der Waals surface area contributed by atoms with Crippen LogP contribution in [0, 0.1) is 40.9 Å². The number of fused-ring (bicyclic) bond motifs is 1. The van der Waals surface area contributed by atoms with Crippen LogP contribution in [0.3, 0.4) is 0 Å². The number of nitrogens with zero attached hydrogens (tertiary/aromatic N) is 2. The molecule has 13 heteroatoms. The van der Waals surface area contributed by atoms with Crippen molar-refractivity contribution in [1.29, 1.82) is 5.26 Å². The Hall–Kier alpha value is -4.13. The zero-order chi connectivity index (χ0) is 46.9. The van der Waals surface area contributed by atoms with Gasteiger partial charge in [-0.3, -0.25) is 0 Å². The van der Waals surface area contributed by atoms with E-state index >= 15 is 0 Å². The summed E-state index contributed by atoms with van der Waals surface area (Å²) in [4.78, 5) is 12.4. The first kappa shape index (κ1) is 51.3. The maximum absolute atomic E-state index is 12.4. The van der Waals surface area contributed by atoms with Gasteiger partial charge in [-0.05, 0) is 130 Å². The van der Waals surface area contributed by atoms with Gasteiger partial charge in [0.2, 0.25) is 0 Å². The molecule has 1 heterocycles. The molecule has 1 N–H and O–H groups in total. The highest BCUT2D eigenvalue weighted by atomic mass is 31.2. The zero-order valence-electron chi connectivity index (χ0n) is 40.0. The van der Waals surface area contributed by atoms with E-state index in [1.807, 2.05) is 48.5 Å². The van der Waals surface area contributed by atoms with Gasteiger partial charge < -0.3 is 38.0 Å². The number of nitriles is 1. The Labute approximate surface area is 397 Å². The fourth-order valence-electron chi connectivity index (χ4n) is 9.61. The Morgan fingerprint density at radius 3 is 1.97 bits per heavy atom. The SMILES string of the molecule is [B][C@H]1C[C@@H](OP(OCCC#N)N(C(C)C)C(C)C)[C@@H](COC(c2ccc(CCCCCCCNC(=O)OCC3[C@H]4CCC#CCC[C@@H]34)cc2)(c2ccc(OC)cc2)c2ccc(OC)cc2)O1. The summed E-state index contributed by atoms with van der Waals surface area (Å²) in [5, 5.41) is 12.2. The summed E-state index contributed by atoms with van der Waals surface area (Å²) in [5.41, 5.74) is 2.96. The lowest BCUT2D eigenvalue weighted by atomic mass is 9.79. The van der Waals surface area contributed by atoms with E-state index in [9.17, 15) is 10.1 Å². The van der Waals surface area contributed by atoms with Crippen LogP contribution < -0.4 is 14.8 Å². The van der Waals surface area contributed by atoms with Gasteiger partial charge in [-0.15, -0.1) is 11.8 Å². The smallest absolute Gasteiger partial charge is 0.407 e. The Bertz CT molecular complexity index is 1960. The Kier molecular flexibility index (Phi) is 20.1. The number of nitrogens with one attached hydrogen (secondary N) is 1. The highest BCUT2D eigenvalue weighted by Crippen LogP contribution is 2.53. The topological polar surface area (TPSA) is 121 Å². The van der Waals surface area contributed by atoms with E-state index in [0.29, 0.717) is 37.3 Å². The van der Waals surface area contributed by atoms with Gasteiger partial charge >= 0.3 is 6.09 Å². The summed E-state index contributed by atoms with van der Waals surface area (Å²) >= 11 is 0. The monoisotopic (exact) mass is 920 g/mol. The largest absolute Gasteiger partial charge is 0.497 e. The number of aryl methyl sites for hydroxylation is 1. The molecule has 11 nitrogen and oxygen atoms in total. The average molecular weight is 920 g/mol. The fraction of sp³-hybridized carbons (Fsp3) is 0.585. The minimum absolute atomic E-state index is 0.142. The summed E-state index contributed by atoms with van der Waals surface area (Å²) in [7, 11) is 8.29. The second kappa shape index (κ2) is 25.9. The molecule has 66 heavy (non-hydrogen) atoms. The molecule has 3 aromatic carbocycles. The number of carbonyl (C=O) groups excluding carboxylic acids is 1. The van der Waals surface area contributed by atoms with E-state index in [2.05, 4.69) is 79.9 Å². The van der Waals surface area contributed by atoms with Crippen molar-refractivity contribution in [1.82, 2.24) is 9.99 Å². The quantitative estimate of drug-likeness (QED) is 0.0274. The molecule has 0 bridgehead atoms. The molecule has 0 aromatic heterocycles. The number of benzene rings is 3. The highest BCUT2D eigenvalue weighted by molar-refractivity contribution is 7.44. The molecule has 6 rings (SSSR count). The lowest BCUT2D eigenvalue weighted by Gasteiger charge is -2.39. The molecule has 3 aromatic rings. The van der Waals surface area contributed by atoms with E-state index < -0.39 is 32.3 Å². The maximum Gasteiger partial charge on any atom is 0.407 e. The molecular weight excluding hydrogens is 848 g/mol. The van der Waals surface area contributed by atoms with Gasteiger partial charge in [0.05, 0.1) is 52.6 Å². The molecule has 2 unspecified atom stereocenters. The van der Waals surface area contributed by atoms with Crippen LogP contribution >= 0.6 is 8.53 Å². The summed E-state index contributed by atoms with van der Waals surface area (Å²) in [6.07, 6.45) is 9.95. The third-order valence-electron chi connectivity index (χ3n) is 13.1. The van der Waals surface area contributed by atoms with Gasteiger partial charge in [-0.25, -0.2) is 9.46 Å². The minimum Gasteiger partial charge on any atom is -0.497 e. The van der Waals surface area contributed by atoms with Crippen molar-refractivity contribution in [3.05, 3.63) is 95.1 Å². The van der Waals surface area contributed by atoms with Crippen molar-refractivity contribution in [2.24, 2.45) is 17.8 Å². The number of alkyl carbamates (subject to hydrolysis) is 1. The van der Waals surface area contributed by atoms with Gasteiger partial charge in [0.25, 0.3) is 8.53 Å². The van der Waals surface area contributed by atoms with E-state index in [1.54, 1.807) is 14.2 Å². The molecule has 2 fully saturated rings. The number of hydrogen-bond donors (Lipinski definition) is 1. The van der Waals surface area contributed by atoms with Crippen LogP contribution in [-0.2, 0) is 35.3 Å². The maximum atomic E-state index is 12.4. The molecule has 7 atom stereocenters. The number of unbranched alkanes of at least 4 members (excludes halogenated alkanes) is 4.